The first kappa shape index (κ1) is 14.4. The quantitative estimate of drug-likeness (QED) is 0.880. The number of hydrogen-bond donors (Lipinski definition) is 2. The Hall–Kier alpha value is -2.01. The first-order chi connectivity index (χ1) is 9.54. The van der Waals surface area contributed by atoms with Gasteiger partial charge in [0.05, 0.1) is 11.7 Å². The van der Waals surface area contributed by atoms with Gasteiger partial charge in [0.15, 0.2) is 0 Å². The Morgan fingerprint density at radius 2 is 2.05 bits per heavy atom. The van der Waals surface area contributed by atoms with Crippen LogP contribution in [-0.4, -0.2) is 21.5 Å². The van der Waals surface area contributed by atoms with Crippen molar-refractivity contribution in [3.63, 3.8) is 0 Å². The van der Waals surface area contributed by atoms with E-state index in [4.69, 9.17) is 15.6 Å². The van der Waals surface area contributed by atoms with Crippen LogP contribution < -0.4 is 10.5 Å². The fourth-order valence-corrected chi connectivity index (χ4v) is 2.03. The van der Waals surface area contributed by atoms with Crippen molar-refractivity contribution in [1.29, 1.82) is 0 Å². The molecule has 0 saturated carbocycles. The Morgan fingerprint density at radius 1 is 1.35 bits per heavy atom. The van der Waals surface area contributed by atoms with Crippen LogP contribution in [0.2, 0.25) is 0 Å². The van der Waals surface area contributed by atoms with Crippen LogP contribution in [0.3, 0.4) is 0 Å². The number of ether oxygens (including phenoxy) is 1. The highest BCUT2D eigenvalue weighted by molar-refractivity contribution is 5.54. The molecule has 0 aliphatic heterocycles. The lowest BCUT2D eigenvalue weighted by Gasteiger charge is -2.14. The third kappa shape index (κ3) is 2.77. The summed E-state index contributed by atoms with van der Waals surface area (Å²) in [5, 5.41) is 13.5. The van der Waals surface area contributed by atoms with Crippen molar-refractivity contribution in [2.75, 3.05) is 12.3 Å². The molecule has 5 heteroatoms. The lowest BCUT2D eigenvalue weighted by atomic mass is 10.1. The van der Waals surface area contributed by atoms with Crippen molar-refractivity contribution in [3.05, 3.63) is 35.5 Å². The molecule has 0 aliphatic carbocycles. The van der Waals surface area contributed by atoms with Gasteiger partial charge in [0.2, 0.25) is 5.88 Å². The van der Waals surface area contributed by atoms with Crippen LogP contribution in [0, 0.1) is 6.92 Å². The van der Waals surface area contributed by atoms with Gasteiger partial charge >= 0.3 is 0 Å². The third-order valence-corrected chi connectivity index (χ3v) is 3.14. The van der Waals surface area contributed by atoms with Gasteiger partial charge in [0, 0.05) is 6.61 Å². The smallest absolute Gasteiger partial charge is 0.241 e. The zero-order valence-electron chi connectivity index (χ0n) is 12.1. The SMILES string of the molecule is Cc1nn(C(C)C)c(Oc2ccccc2CCO)c1N. The van der Waals surface area contributed by atoms with Crippen LogP contribution in [0.15, 0.2) is 24.3 Å². The van der Waals surface area contributed by atoms with E-state index in [1.165, 1.54) is 0 Å². The van der Waals surface area contributed by atoms with Gasteiger partial charge in [-0.05, 0) is 38.8 Å². The fourth-order valence-electron chi connectivity index (χ4n) is 2.03. The molecule has 0 aliphatic rings. The molecule has 1 aromatic carbocycles. The van der Waals surface area contributed by atoms with E-state index in [1.807, 2.05) is 45.0 Å². The number of aliphatic hydroxyl groups excluding tert-OH is 1. The van der Waals surface area contributed by atoms with Crippen molar-refractivity contribution in [2.24, 2.45) is 0 Å². The molecule has 3 N–H and O–H groups in total. The molecular weight excluding hydrogens is 254 g/mol. The van der Waals surface area contributed by atoms with Gasteiger partial charge in [-0.15, -0.1) is 0 Å². The van der Waals surface area contributed by atoms with Gasteiger partial charge in [-0.1, -0.05) is 18.2 Å². The monoisotopic (exact) mass is 275 g/mol. The second kappa shape index (κ2) is 5.96. The van der Waals surface area contributed by atoms with E-state index >= 15 is 0 Å². The van der Waals surface area contributed by atoms with Crippen molar-refractivity contribution in [3.8, 4) is 11.6 Å². The fraction of sp³-hybridized carbons (Fsp3) is 0.400. The number of aryl methyl sites for hydroxylation is 1. The van der Waals surface area contributed by atoms with Crippen molar-refractivity contribution in [2.45, 2.75) is 33.2 Å². The Morgan fingerprint density at radius 3 is 2.70 bits per heavy atom. The summed E-state index contributed by atoms with van der Waals surface area (Å²) in [4.78, 5) is 0. The summed E-state index contributed by atoms with van der Waals surface area (Å²) in [5.74, 6) is 1.26. The van der Waals surface area contributed by atoms with Gasteiger partial charge in [0.25, 0.3) is 0 Å². The summed E-state index contributed by atoms with van der Waals surface area (Å²) in [6.45, 7) is 6.00. The van der Waals surface area contributed by atoms with E-state index in [0.29, 0.717) is 23.7 Å². The number of para-hydroxylation sites is 1. The number of nitrogen functional groups attached to an aromatic ring is 1. The molecule has 1 heterocycles. The number of aromatic nitrogens is 2. The number of nitrogens with zero attached hydrogens (tertiary/aromatic N) is 2. The molecule has 108 valence electrons. The highest BCUT2D eigenvalue weighted by Crippen LogP contribution is 2.33. The number of aliphatic hydroxyl groups is 1. The largest absolute Gasteiger partial charge is 0.437 e. The zero-order valence-corrected chi connectivity index (χ0v) is 12.1. The van der Waals surface area contributed by atoms with Crippen molar-refractivity contribution >= 4 is 5.69 Å². The summed E-state index contributed by atoms with van der Waals surface area (Å²) in [5.41, 5.74) is 8.31. The first-order valence-electron chi connectivity index (χ1n) is 6.75. The predicted octanol–water partition coefficient (Wildman–Crippen LogP) is 2.68. The molecule has 0 atom stereocenters. The van der Waals surface area contributed by atoms with Crippen LogP contribution in [0.25, 0.3) is 0 Å². The number of anilines is 1. The molecule has 1 aromatic heterocycles. The Kier molecular flexibility index (Phi) is 4.29. The predicted molar refractivity (Wildman–Crippen MR) is 79.1 cm³/mol. The Balaban J connectivity index is 2.40. The van der Waals surface area contributed by atoms with E-state index in [0.717, 1.165) is 11.3 Å². The standard InChI is InChI=1S/C15H21N3O2/c1-10(2)18-15(14(16)11(3)17-18)20-13-7-5-4-6-12(13)8-9-19/h4-7,10,19H,8-9,16H2,1-3H3. The molecule has 0 saturated heterocycles. The van der Waals surface area contributed by atoms with E-state index in [9.17, 15) is 0 Å². The highest BCUT2D eigenvalue weighted by Gasteiger charge is 2.17. The maximum absolute atomic E-state index is 9.11. The summed E-state index contributed by atoms with van der Waals surface area (Å²) >= 11 is 0. The average Bonchev–Trinajstić information content (AvgIpc) is 2.70. The topological polar surface area (TPSA) is 73.3 Å². The first-order valence-corrected chi connectivity index (χ1v) is 6.75. The minimum atomic E-state index is 0.0817. The summed E-state index contributed by atoms with van der Waals surface area (Å²) < 4.78 is 7.75. The zero-order chi connectivity index (χ0) is 14.7. The van der Waals surface area contributed by atoms with E-state index in [1.54, 1.807) is 4.68 Å². The molecule has 5 nitrogen and oxygen atoms in total. The molecule has 0 unspecified atom stereocenters. The maximum atomic E-state index is 9.11. The number of benzene rings is 1. The van der Waals surface area contributed by atoms with E-state index in [-0.39, 0.29) is 12.6 Å². The number of hydrogen-bond acceptors (Lipinski definition) is 4. The molecule has 0 spiro atoms. The van der Waals surface area contributed by atoms with Crippen LogP contribution in [-0.2, 0) is 6.42 Å². The van der Waals surface area contributed by atoms with Crippen LogP contribution >= 0.6 is 0 Å². The molecule has 2 rings (SSSR count). The van der Waals surface area contributed by atoms with Crippen LogP contribution in [0.1, 0.15) is 31.1 Å². The van der Waals surface area contributed by atoms with Gasteiger partial charge < -0.3 is 15.6 Å². The number of nitrogens with two attached hydrogens (primary N) is 1. The Bertz CT molecular complexity index is 591. The van der Waals surface area contributed by atoms with Gasteiger partial charge in [-0.25, -0.2) is 4.68 Å². The molecule has 0 radical (unpaired) electrons. The molecule has 20 heavy (non-hydrogen) atoms. The molecule has 2 aromatic rings. The lowest BCUT2D eigenvalue weighted by Crippen LogP contribution is -2.06. The van der Waals surface area contributed by atoms with Crippen molar-refractivity contribution in [1.82, 2.24) is 9.78 Å². The second-order valence-corrected chi connectivity index (χ2v) is 5.03. The minimum Gasteiger partial charge on any atom is -0.437 e. The van der Waals surface area contributed by atoms with Gasteiger partial charge in [-0.2, -0.15) is 5.10 Å². The lowest BCUT2D eigenvalue weighted by molar-refractivity contribution is 0.297. The summed E-state index contributed by atoms with van der Waals surface area (Å²) in [6, 6.07) is 7.79. The van der Waals surface area contributed by atoms with Crippen LogP contribution in [0.4, 0.5) is 5.69 Å². The minimum absolute atomic E-state index is 0.0817. The average molecular weight is 275 g/mol. The summed E-state index contributed by atoms with van der Waals surface area (Å²) in [7, 11) is 0. The van der Waals surface area contributed by atoms with E-state index < -0.39 is 0 Å². The maximum Gasteiger partial charge on any atom is 0.241 e. The summed E-state index contributed by atoms with van der Waals surface area (Å²) in [6.07, 6.45) is 0.547. The van der Waals surface area contributed by atoms with Gasteiger partial charge in [-0.3, -0.25) is 0 Å². The molecule has 0 bridgehead atoms. The van der Waals surface area contributed by atoms with Crippen LogP contribution in [0.5, 0.6) is 11.6 Å². The number of rotatable bonds is 5. The van der Waals surface area contributed by atoms with Gasteiger partial charge in [0.1, 0.15) is 11.4 Å². The van der Waals surface area contributed by atoms with Crippen molar-refractivity contribution < 1.29 is 9.84 Å². The highest BCUT2D eigenvalue weighted by atomic mass is 16.5. The normalized spacial score (nSPS) is 11.1. The molecular formula is C15H21N3O2. The van der Waals surface area contributed by atoms with E-state index in [2.05, 4.69) is 5.10 Å². The third-order valence-electron chi connectivity index (χ3n) is 3.14. The molecule has 0 fully saturated rings. The second-order valence-electron chi connectivity index (χ2n) is 5.03. The Labute approximate surface area is 119 Å². The molecule has 0 amide bonds.